The van der Waals surface area contributed by atoms with Crippen LogP contribution in [0.25, 0.3) is 0 Å². The first-order valence-electron chi connectivity index (χ1n) is 8.18. The molecule has 1 fully saturated rings. The summed E-state index contributed by atoms with van der Waals surface area (Å²) in [7, 11) is 0. The summed E-state index contributed by atoms with van der Waals surface area (Å²) < 4.78 is 0. The number of non-ortho nitro benzene ring substituents is 1. The lowest BCUT2D eigenvalue weighted by Crippen LogP contribution is -2.49. The molecule has 27 heavy (non-hydrogen) atoms. The number of carbonyl (C=O) groups is 1. The van der Waals surface area contributed by atoms with Gasteiger partial charge < -0.3 is 10.2 Å². The number of amides is 1. The van der Waals surface area contributed by atoms with E-state index >= 15 is 0 Å². The number of nitrogens with one attached hydrogen (secondary N) is 1. The predicted octanol–water partition coefficient (Wildman–Crippen LogP) is 3.94. The molecule has 0 saturated carbocycles. The van der Waals surface area contributed by atoms with Crippen LogP contribution in [0.4, 0.5) is 5.69 Å². The summed E-state index contributed by atoms with van der Waals surface area (Å²) >= 11 is 7.69. The summed E-state index contributed by atoms with van der Waals surface area (Å²) in [5.74, 6) is 0.304. The Balaban J connectivity index is 0.00000261. The van der Waals surface area contributed by atoms with Crippen LogP contribution in [0.15, 0.2) is 53.4 Å². The van der Waals surface area contributed by atoms with Crippen molar-refractivity contribution in [3.05, 3.63) is 69.2 Å². The number of nitrogens with zero attached hydrogens (tertiary/aromatic N) is 2. The second-order valence-electron chi connectivity index (χ2n) is 5.87. The van der Waals surface area contributed by atoms with Gasteiger partial charge in [0.05, 0.1) is 16.7 Å². The van der Waals surface area contributed by atoms with Gasteiger partial charge in [-0.25, -0.2) is 0 Å². The molecule has 144 valence electrons. The molecule has 1 saturated heterocycles. The van der Waals surface area contributed by atoms with E-state index in [-0.39, 0.29) is 35.8 Å². The quantitative estimate of drug-likeness (QED) is 0.444. The lowest BCUT2D eigenvalue weighted by atomic mass is 10.0. The molecule has 1 aliphatic rings. The summed E-state index contributed by atoms with van der Waals surface area (Å²) in [6.07, 6.45) is 0. The topological polar surface area (TPSA) is 75.5 Å². The van der Waals surface area contributed by atoms with Crippen molar-refractivity contribution in [2.45, 2.75) is 10.9 Å². The number of halogens is 2. The van der Waals surface area contributed by atoms with E-state index in [1.807, 2.05) is 29.2 Å². The van der Waals surface area contributed by atoms with E-state index in [4.69, 9.17) is 11.6 Å². The van der Waals surface area contributed by atoms with E-state index in [1.54, 1.807) is 12.1 Å². The molecule has 0 aromatic heterocycles. The Bertz CT molecular complexity index is 805. The molecule has 2 aromatic carbocycles. The second-order valence-corrected chi connectivity index (χ2v) is 7.32. The van der Waals surface area contributed by atoms with Crippen LogP contribution in [0.1, 0.15) is 11.6 Å². The van der Waals surface area contributed by atoms with E-state index in [9.17, 15) is 14.9 Å². The summed E-state index contributed by atoms with van der Waals surface area (Å²) in [5.41, 5.74) is 0.983. The molecule has 2 aromatic rings. The number of benzene rings is 2. The SMILES string of the molecule is Cl.O=C(CSc1ccc([N+](=O)[O-])cc1)N1CCNCC1c1ccccc1Cl. The molecule has 1 heterocycles. The smallest absolute Gasteiger partial charge is 0.269 e. The molecule has 3 rings (SSSR count). The number of thioether (sulfide) groups is 1. The largest absolute Gasteiger partial charge is 0.332 e. The number of nitro benzene ring substituents is 1. The Labute approximate surface area is 172 Å². The molecule has 1 N–H and O–H groups in total. The number of hydrogen-bond acceptors (Lipinski definition) is 5. The highest BCUT2D eigenvalue weighted by atomic mass is 35.5. The number of piperazine rings is 1. The Hall–Kier alpha value is -1.80. The van der Waals surface area contributed by atoms with Crippen molar-refractivity contribution in [1.82, 2.24) is 10.2 Å². The first kappa shape index (κ1) is 21.5. The molecule has 1 amide bonds. The number of carbonyl (C=O) groups excluding carboxylic acids is 1. The minimum Gasteiger partial charge on any atom is -0.332 e. The zero-order valence-corrected chi connectivity index (χ0v) is 16.7. The summed E-state index contributed by atoms with van der Waals surface area (Å²) in [4.78, 5) is 25.7. The van der Waals surface area contributed by atoms with Gasteiger partial charge >= 0.3 is 0 Å². The zero-order chi connectivity index (χ0) is 18.5. The molecule has 6 nitrogen and oxygen atoms in total. The van der Waals surface area contributed by atoms with Crippen LogP contribution in [0, 0.1) is 10.1 Å². The van der Waals surface area contributed by atoms with Crippen molar-refractivity contribution in [2.24, 2.45) is 0 Å². The van der Waals surface area contributed by atoms with Crippen LogP contribution >= 0.6 is 35.8 Å². The van der Waals surface area contributed by atoms with Crippen LogP contribution in [0.3, 0.4) is 0 Å². The normalized spacial score (nSPS) is 16.5. The minimum atomic E-state index is -0.436. The molecular weight excluding hydrogens is 409 g/mol. The van der Waals surface area contributed by atoms with E-state index < -0.39 is 4.92 Å². The van der Waals surface area contributed by atoms with Gasteiger partial charge in [-0.05, 0) is 23.8 Å². The van der Waals surface area contributed by atoms with Crippen molar-refractivity contribution >= 4 is 47.4 Å². The van der Waals surface area contributed by atoms with Gasteiger partial charge in [-0.1, -0.05) is 29.8 Å². The van der Waals surface area contributed by atoms with Gasteiger partial charge in [0.25, 0.3) is 5.69 Å². The van der Waals surface area contributed by atoms with Crippen molar-refractivity contribution < 1.29 is 9.72 Å². The van der Waals surface area contributed by atoms with Crippen molar-refractivity contribution in [3.8, 4) is 0 Å². The first-order chi connectivity index (χ1) is 12.6. The monoisotopic (exact) mass is 427 g/mol. The van der Waals surface area contributed by atoms with Crippen LogP contribution in [-0.4, -0.2) is 41.1 Å². The fraction of sp³-hybridized carbons (Fsp3) is 0.278. The van der Waals surface area contributed by atoms with Crippen LogP contribution in [-0.2, 0) is 4.79 Å². The lowest BCUT2D eigenvalue weighted by Gasteiger charge is -2.37. The molecule has 1 aliphatic heterocycles. The van der Waals surface area contributed by atoms with Crippen molar-refractivity contribution in [3.63, 3.8) is 0 Å². The molecule has 0 aliphatic carbocycles. The number of rotatable bonds is 5. The Morgan fingerprint density at radius 1 is 1.26 bits per heavy atom. The third kappa shape index (κ3) is 5.35. The van der Waals surface area contributed by atoms with Crippen molar-refractivity contribution in [2.75, 3.05) is 25.4 Å². The highest BCUT2D eigenvalue weighted by Crippen LogP contribution is 2.30. The third-order valence-electron chi connectivity index (χ3n) is 4.24. The van der Waals surface area contributed by atoms with Gasteiger partial charge in [0.1, 0.15) is 0 Å². The highest BCUT2D eigenvalue weighted by molar-refractivity contribution is 8.00. The van der Waals surface area contributed by atoms with E-state index in [1.165, 1.54) is 23.9 Å². The predicted molar refractivity (Wildman–Crippen MR) is 110 cm³/mol. The van der Waals surface area contributed by atoms with Crippen LogP contribution < -0.4 is 5.32 Å². The standard InChI is InChI=1S/C18H18ClN3O3S.ClH/c19-16-4-2-1-3-15(16)17-11-20-9-10-21(17)18(23)12-26-14-7-5-13(6-8-14)22(24)25;/h1-8,17,20H,9-12H2;1H. The van der Waals surface area contributed by atoms with Gasteiger partial charge in [0, 0.05) is 41.7 Å². The van der Waals surface area contributed by atoms with Gasteiger partial charge in [0.15, 0.2) is 0 Å². The highest BCUT2D eigenvalue weighted by Gasteiger charge is 2.28. The molecule has 9 heteroatoms. The lowest BCUT2D eigenvalue weighted by molar-refractivity contribution is -0.384. The van der Waals surface area contributed by atoms with E-state index in [0.717, 1.165) is 17.0 Å². The Kier molecular flexibility index (Phi) is 7.91. The average Bonchev–Trinajstić information content (AvgIpc) is 2.67. The summed E-state index contributed by atoms with van der Waals surface area (Å²) in [6.45, 7) is 2.03. The maximum Gasteiger partial charge on any atom is 0.269 e. The first-order valence-corrected chi connectivity index (χ1v) is 9.54. The van der Waals surface area contributed by atoms with Crippen LogP contribution in [0.2, 0.25) is 5.02 Å². The fourth-order valence-electron chi connectivity index (χ4n) is 2.92. The number of hydrogen-bond donors (Lipinski definition) is 1. The van der Waals surface area contributed by atoms with Gasteiger partial charge in [-0.2, -0.15) is 0 Å². The van der Waals surface area contributed by atoms with Crippen LogP contribution in [0.5, 0.6) is 0 Å². The van der Waals surface area contributed by atoms with E-state index in [2.05, 4.69) is 5.32 Å². The fourth-order valence-corrected chi connectivity index (χ4v) is 3.96. The zero-order valence-electron chi connectivity index (χ0n) is 14.3. The minimum absolute atomic E-state index is 0. The second kappa shape index (κ2) is 9.94. The molecule has 1 unspecified atom stereocenters. The molecule has 0 spiro atoms. The summed E-state index contributed by atoms with van der Waals surface area (Å²) in [5, 5.41) is 14.7. The molecule has 0 radical (unpaired) electrons. The maximum atomic E-state index is 12.8. The van der Waals surface area contributed by atoms with Gasteiger partial charge in [0.2, 0.25) is 5.91 Å². The van der Waals surface area contributed by atoms with Crippen molar-refractivity contribution in [1.29, 1.82) is 0 Å². The third-order valence-corrected chi connectivity index (χ3v) is 5.58. The Morgan fingerprint density at radius 2 is 1.96 bits per heavy atom. The average molecular weight is 428 g/mol. The molecule has 0 bridgehead atoms. The molecular formula is C18H19Cl2N3O3S. The number of nitro groups is 1. The maximum absolute atomic E-state index is 12.8. The summed E-state index contributed by atoms with van der Waals surface area (Å²) in [6, 6.07) is 13.7. The van der Waals surface area contributed by atoms with E-state index in [0.29, 0.717) is 18.1 Å². The van der Waals surface area contributed by atoms with Gasteiger partial charge in [-0.3, -0.25) is 14.9 Å². The van der Waals surface area contributed by atoms with Gasteiger partial charge in [-0.15, -0.1) is 24.2 Å². The molecule has 1 atom stereocenters. The Morgan fingerprint density at radius 3 is 2.63 bits per heavy atom.